The second-order valence-corrected chi connectivity index (χ2v) is 6.45. The fraction of sp³-hybridized carbons (Fsp3) is 0.500. The lowest BCUT2D eigenvalue weighted by molar-refractivity contribution is 0.537. The number of nitrogens with two attached hydrogens (primary N) is 1. The fourth-order valence-electron chi connectivity index (χ4n) is 1.91. The molecule has 17 heavy (non-hydrogen) atoms. The van der Waals surface area contributed by atoms with Gasteiger partial charge in [-0.05, 0) is 50.3 Å². The average molecular weight is 254 g/mol. The molecule has 1 fully saturated rings. The summed E-state index contributed by atoms with van der Waals surface area (Å²) in [4.78, 5) is 0.282. The molecule has 3 N–H and O–H groups in total. The largest absolute Gasteiger partial charge is 0.399 e. The predicted molar refractivity (Wildman–Crippen MR) is 68.1 cm³/mol. The Labute approximate surface area is 102 Å². The molecule has 0 aliphatic heterocycles. The lowest BCUT2D eigenvalue weighted by atomic mass is 10.2. The van der Waals surface area contributed by atoms with Gasteiger partial charge in [0.2, 0.25) is 10.0 Å². The smallest absolute Gasteiger partial charge is 0.241 e. The summed E-state index contributed by atoms with van der Waals surface area (Å²) >= 11 is 0. The highest BCUT2D eigenvalue weighted by Gasteiger charge is 2.31. The molecule has 1 saturated carbocycles. The number of hydrogen-bond acceptors (Lipinski definition) is 3. The van der Waals surface area contributed by atoms with Gasteiger partial charge in [0, 0.05) is 11.7 Å². The first-order valence-corrected chi connectivity index (χ1v) is 7.27. The van der Waals surface area contributed by atoms with Crippen LogP contribution in [-0.2, 0) is 10.0 Å². The molecule has 1 aliphatic rings. The molecular formula is C12H18N2O2S. The molecule has 0 heterocycles. The van der Waals surface area contributed by atoms with Gasteiger partial charge in [0.25, 0.3) is 0 Å². The number of benzene rings is 1. The van der Waals surface area contributed by atoms with Crippen LogP contribution in [0.2, 0.25) is 0 Å². The van der Waals surface area contributed by atoms with Crippen LogP contribution in [0.1, 0.15) is 25.3 Å². The Morgan fingerprint density at radius 2 is 2.06 bits per heavy atom. The molecule has 2 rings (SSSR count). The molecule has 4 nitrogen and oxygen atoms in total. The van der Waals surface area contributed by atoms with Crippen LogP contribution in [0.25, 0.3) is 0 Å². The molecule has 5 heteroatoms. The third-order valence-corrected chi connectivity index (χ3v) is 4.87. The number of anilines is 1. The molecule has 0 amide bonds. The van der Waals surface area contributed by atoms with Crippen LogP contribution in [0.5, 0.6) is 0 Å². The summed E-state index contributed by atoms with van der Waals surface area (Å²) < 4.78 is 27.1. The van der Waals surface area contributed by atoms with E-state index >= 15 is 0 Å². The van der Waals surface area contributed by atoms with Crippen LogP contribution in [-0.4, -0.2) is 14.5 Å². The van der Waals surface area contributed by atoms with E-state index in [1.807, 2.05) is 6.92 Å². The zero-order valence-electron chi connectivity index (χ0n) is 10.1. The van der Waals surface area contributed by atoms with Gasteiger partial charge in [-0.15, -0.1) is 0 Å². The third kappa shape index (κ3) is 2.79. The Bertz CT molecular complexity index is 521. The summed E-state index contributed by atoms with van der Waals surface area (Å²) in [5, 5.41) is 0. The van der Waals surface area contributed by atoms with Crippen LogP contribution < -0.4 is 10.5 Å². The van der Waals surface area contributed by atoms with E-state index in [1.54, 1.807) is 19.1 Å². The van der Waals surface area contributed by atoms with E-state index in [4.69, 9.17) is 5.73 Å². The van der Waals surface area contributed by atoms with Crippen LogP contribution >= 0.6 is 0 Å². The first-order valence-electron chi connectivity index (χ1n) is 5.78. The van der Waals surface area contributed by atoms with E-state index in [0.717, 1.165) is 18.4 Å². The molecule has 1 aliphatic carbocycles. The number of aryl methyl sites for hydroxylation is 1. The minimum atomic E-state index is -3.45. The van der Waals surface area contributed by atoms with E-state index in [1.165, 1.54) is 6.07 Å². The lowest BCUT2D eigenvalue weighted by Gasteiger charge is -2.15. The molecule has 1 atom stereocenters. The minimum absolute atomic E-state index is 0.000769. The maximum Gasteiger partial charge on any atom is 0.241 e. The van der Waals surface area contributed by atoms with Gasteiger partial charge in [0.05, 0.1) is 4.90 Å². The van der Waals surface area contributed by atoms with Crippen molar-refractivity contribution in [3.63, 3.8) is 0 Å². The van der Waals surface area contributed by atoms with Gasteiger partial charge >= 0.3 is 0 Å². The quantitative estimate of drug-likeness (QED) is 0.803. The molecule has 0 bridgehead atoms. The number of hydrogen-bond donors (Lipinski definition) is 2. The summed E-state index contributed by atoms with van der Waals surface area (Å²) in [5.41, 5.74) is 6.82. The van der Waals surface area contributed by atoms with Gasteiger partial charge in [-0.2, -0.15) is 0 Å². The zero-order valence-corrected chi connectivity index (χ0v) is 10.9. The van der Waals surface area contributed by atoms with Gasteiger partial charge in [0.15, 0.2) is 0 Å². The zero-order chi connectivity index (χ0) is 12.6. The maximum atomic E-state index is 12.2. The van der Waals surface area contributed by atoms with Crippen molar-refractivity contribution in [3.8, 4) is 0 Å². The summed E-state index contributed by atoms with van der Waals surface area (Å²) in [6.07, 6.45) is 2.22. The van der Waals surface area contributed by atoms with Gasteiger partial charge in [-0.1, -0.05) is 6.07 Å². The Balaban J connectivity index is 2.27. The first kappa shape index (κ1) is 12.4. The Morgan fingerprint density at radius 3 is 2.65 bits per heavy atom. The van der Waals surface area contributed by atoms with Gasteiger partial charge in [-0.25, -0.2) is 13.1 Å². The number of sulfonamides is 1. The molecule has 1 aromatic rings. The van der Waals surface area contributed by atoms with Crippen molar-refractivity contribution in [3.05, 3.63) is 23.8 Å². The van der Waals surface area contributed by atoms with Gasteiger partial charge in [-0.3, -0.25) is 0 Å². The maximum absolute atomic E-state index is 12.2. The van der Waals surface area contributed by atoms with Crippen molar-refractivity contribution in [2.45, 2.75) is 37.6 Å². The van der Waals surface area contributed by atoms with Crippen molar-refractivity contribution in [2.24, 2.45) is 5.92 Å². The first-order chi connectivity index (χ1) is 7.90. The van der Waals surface area contributed by atoms with Crippen LogP contribution in [0, 0.1) is 12.8 Å². The standard InChI is InChI=1S/C12H18N2O2S/c1-8-3-6-11(13)7-12(8)17(15,16)14-9(2)10-4-5-10/h3,6-7,9-10,14H,4-5,13H2,1-2H3. The van der Waals surface area contributed by atoms with Crippen molar-refractivity contribution < 1.29 is 8.42 Å². The highest BCUT2D eigenvalue weighted by atomic mass is 32.2. The summed E-state index contributed by atoms with van der Waals surface area (Å²) in [7, 11) is -3.45. The molecular weight excluding hydrogens is 236 g/mol. The summed E-state index contributed by atoms with van der Waals surface area (Å²) in [6.45, 7) is 3.69. The SMILES string of the molecule is Cc1ccc(N)cc1S(=O)(=O)NC(C)C1CC1. The van der Waals surface area contributed by atoms with E-state index in [0.29, 0.717) is 11.6 Å². The number of nitrogen functional groups attached to an aromatic ring is 1. The molecule has 94 valence electrons. The highest BCUT2D eigenvalue weighted by molar-refractivity contribution is 7.89. The second kappa shape index (κ2) is 4.31. The van der Waals surface area contributed by atoms with Gasteiger partial charge in [0.1, 0.15) is 0 Å². The third-order valence-electron chi connectivity index (χ3n) is 3.17. The Hall–Kier alpha value is -1.07. The molecule has 0 saturated heterocycles. The van der Waals surface area contributed by atoms with E-state index in [9.17, 15) is 8.42 Å². The Morgan fingerprint density at radius 1 is 1.41 bits per heavy atom. The molecule has 1 unspecified atom stereocenters. The monoisotopic (exact) mass is 254 g/mol. The number of nitrogens with one attached hydrogen (secondary N) is 1. The van der Waals surface area contributed by atoms with E-state index < -0.39 is 10.0 Å². The summed E-state index contributed by atoms with van der Waals surface area (Å²) in [6, 6.07) is 4.95. The van der Waals surface area contributed by atoms with Gasteiger partial charge < -0.3 is 5.73 Å². The Kier molecular flexibility index (Phi) is 3.14. The summed E-state index contributed by atoms with van der Waals surface area (Å²) in [5.74, 6) is 0.492. The minimum Gasteiger partial charge on any atom is -0.399 e. The van der Waals surface area contributed by atoms with Crippen molar-refractivity contribution in [2.75, 3.05) is 5.73 Å². The fourth-order valence-corrected chi connectivity index (χ4v) is 3.50. The molecule has 0 radical (unpaired) electrons. The second-order valence-electron chi connectivity index (χ2n) is 4.77. The molecule has 0 aromatic heterocycles. The molecule has 1 aromatic carbocycles. The van der Waals surface area contributed by atoms with Crippen molar-refractivity contribution in [1.29, 1.82) is 0 Å². The molecule has 0 spiro atoms. The highest BCUT2D eigenvalue weighted by Crippen LogP contribution is 2.33. The number of rotatable bonds is 4. The van der Waals surface area contributed by atoms with E-state index in [2.05, 4.69) is 4.72 Å². The van der Waals surface area contributed by atoms with E-state index in [-0.39, 0.29) is 10.9 Å². The average Bonchev–Trinajstić information content (AvgIpc) is 3.04. The predicted octanol–water partition coefficient (Wildman–Crippen LogP) is 1.65. The lowest BCUT2D eigenvalue weighted by Crippen LogP contribution is -2.34. The van der Waals surface area contributed by atoms with Crippen LogP contribution in [0.4, 0.5) is 5.69 Å². The normalized spacial score (nSPS) is 18.0. The van der Waals surface area contributed by atoms with Crippen LogP contribution in [0.15, 0.2) is 23.1 Å². The van der Waals surface area contributed by atoms with Crippen LogP contribution in [0.3, 0.4) is 0 Å². The van der Waals surface area contributed by atoms with Crippen molar-refractivity contribution in [1.82, 2.24) is 4.72 Å². The van der Waals surface area contributed by atoms with Crippen molar-refractivity contribution >= 4 is 15.7 Å². The topological polar surface area (TPSA) is 72.2 Å².